The zero-order chi connectivity index (χ0) is 15.6. The third kappa shape index (κ3) is 3.32. The van der Waals surface area contributed by atoms with E-state index in [1.807, 2.05) is 19.1 Å². The third-order valence-corrected chi connectivity index (χ3v) is 3.38. The zero-order valence-electron chi connectivity index (χ0n) is 13.3. The van der Waals surface area contributed by atoms with Crippen molar-refractivity contribution >= 4 is 5.97 Å². The number of aromatic nitrogens is 2. The van der Waals surface area contributed by atoms with Crippen molar-refractivity contribution in [1.29, 1.82) is 0 Å². The van der Waals surface area contributed by atoms with Crippen molar-refractivity contribution in [3.63, 3.8) is 0 Å². The lowest BCUT2D eigenvalue weighted by molar-refractivity contribution is 0.0519. The molecule has 0 aliphatic rings. The number of rotatable bonds is 3. The summed E-state index contributed by atoms with van der Waals surface area (Å²) >= 11 is 0. The molecular formula is C17H22N2O2. The molecule has 0 unspecified atom stereocenters. The van der Waals surface area contributed by atoms with Crippen LogP contribution in [0, 0.1) is 6.92 Å². The average Bonchev–Trinajstić information content (AvgIpc) is 2.80. The van der Waals surface area contributed by atoms with Crippen molar-refractivity contribution in [1.82, 2.24) is 9.97 Å². The molecule has 0 atom stereocenters. The van der Waals surface area contributed by atoms with Gasteiger partial charge in [0.2, 0.25) is 0 Å². The maximum absolute atomic E-state index is 11.8. The smallest absolute Gasteiger partial charge is 0.358 e. The summed E-state index contributed by atoms with van der Waals surface area (Å²) in [6.07, 6.45) is 0. The molecule has 4 heteroatoms. The standard InChI is InChI=1S/C17H22N2O2/c1-6-21-16(20)14-11(2)18-15(19-14)12-7-9-13(10-8-12)17(3,4)5/h7-10H,6H2,1-5H3,(H,18,19). The summed E-state index contributed by atoms with van der Waals surface area (Å²) in [6.45, 7) is 10.5. The number of H-pyrrole nitrogens is 1. The fourth-order valence-corrected chi connectivity index (χ4v) is 2.12. The monoisotopic (exact) mass is 286 g/mol. The van der Waals surface area contributed by atoms with Crippen LogP contribution in [0.3, 0.4) is 0 Å². The molecule has 0 saturated heterocycles. The fourth-order valence-electron chi connectivity index (χ4n) is 2.12. The van der Waals surface area contributed by atoms with Crippen LogP contribution in [-0.4, -0.2) is 22.5 Å². The van der Waals surface area contributed by atoms with Gasteiger partial charge < -0.3 is 9.72 Å². The summed E-state index contributed by atoms with van der Waals surface area (Å²) in [5.41, 5.74) is 3.42. The van der Waals surface area contributed by atoms with E-state index >= 15 is 0 Å². The molecule has 0 fully saturated rings. The number of imidazole rings is 1. The second-order valence-corrected chi connectivity index (χ2v) is 6.11. The zero-order valence-corrected chi connectivity index (χ0v) is 13.3. The number of carbonyl (C=O) groups excluding carboxylic acids is 1. The largest absolute Gasteiger partial charge is 0.461 e. The van der Waals surface area contributed by atoms with Gasteiger partial charge in [-0.25, -0.2) is 9.78 Å². The Morgan fingerprint density at radius 1 is 1.24 bits per heavy atom. The molecule has 0 spiro atoms. The Morgan fingerprint density at radius 2 is 1.86 bits per heavy atom. The van der Waals surface area contributed by atoms with Gasteiger partial charge in [0.05, 0.1) is 6.61 Å². The van der Waals surface area contributed by atoms with Crippen LogP contribution in [0.5, 0.6) is 0 Å². The first-order valence-corrected chi connectivity index (χ1v) is 7.17. The van der Waals surface area contributed by atoms with Crippen LogP contribution in [0.1, 0.15) is 49.4 Å². The SMILES string of the molecule is CCOC(=O)c1nc(-c2ccc(C(C)(C)C)cc2)[nH]c1C. The van der Waals surface area contributed by atoms with E-state index in [1.165, 1.54) is 5.56 Å². The maximum Gasteiger partial charge on any atom is 0.358 e. The maximum atomic E-state index is 11.8. The molecule has 0 aliphatic heterocycles. The van der Waals surface area contributed by atoms with Crippen LogP contribution in [0.25, 0.3) is 11.4 Å². The van der Waals surface area contributed by atoms with E-state index in [2.05, 4.69) is 42.9 Å². The predicted molar refractivity (Wildman–Crippen MR) is 83.4 cm³/mol. The molecule has 1 N–H and O–H groups in total. The number of aryl methyl sites for hydroxylation is 1. The van der Waals surface area contributed by atoms with Crippen LogP contribution >= 0.6 is 0 Å². The number of nitrogens with zero attached hydrogens (tertiary/aromatic N) is 1. The Morgan fingerprint density at radius 3 is 2.38 bits per heavy atom. The van der Waals surface area contributed by atoms with Gasteiger partial charge in [0.15, 0.2) is 5.69 Å². The summed E-state index contributed by atoms with van der Waals surface area (Å²) in [7, 11) is 0. The van der Waals surface area contributed by atoms with Crippen molar-refractivity contribution in [3.8, 4) is 11.4 Å². The lowest BCUT2D eigenvalue weighted by Crippen LogP contribution is -2.10. The summed E-state index contributed by atoms with van der Waals surface area (Å²) in [6, 6.07) is 8.23. The number of benzene rings is 1. The normalized spacial score (nSPS) is 11.5. The molecule has 4 nitrogen and oxygen atoms in total. The van der Waals surface area contributed by atoms with E-state index < -0.39 is 0 Å². The van der Waals surface area contributed by atoms with Gasteiger partial charge >= 0.3 is 5.97 Å². The second kappa shape index (κ2) is 5.72. The lowest BCUT2D eigenvalue weighted by atomic mass is 9.87. The molecule has 1 aromatic carbocycles. The Labute approximate surface area is 125 Å². The highest BCUT2D eigenvalue weighted by atomic mass is 16.5. The Balaban J connectivity index is 2.31. The van der Waals surface area contributed by atoms with E-state index in [-0.39, 0.29) is 11.4 Å². The summed E-state index contributed by atoms with van der Waals surface area (Å²) in [4.78, 5) is 19.3. The molecule has 2 aromatic rings. The first kappa shape index (κ1) is 15.3. The number of hydrogen-bond acceptors (Lipinski definition) is 3. The quantitative estimate of drug-likeness (QED) is 0.872. The van der Waals surface area contributed by atoms with Crippen LogP contribution in [0.4, 0.5) is 0 Å². The van der Waals surface area contributed by atoms with Crippen molar-refractivity contribution in [2.24, 2.45) is 0 Å². The first-order valence-electron chi connectivity index (χ1n) is 7.17. The molecule has 112 valence electrons. The van der Waals surface area contributed by atoms with Gasteiger partial charge in [-0.1, -0.05) is 45.0 Å². The van der Waals surface area contributed by atoms with Crippen molar-refractivity contribution in [2.75, 3.05) is 6.61 Å². The molecule has 2 rings (SSSR count). The first-order chi connectivity index (χ1) is 9.82. The number of nitrogens with one attached hydrogen (secondary N) is 1. The Hall–Kier alpha value is -2.10. The van der Waals surface area contributed by atoms with Crippen LogP contribution in [0.2, 0.25) is 0 Å². The number of ether oxygens (including phenoxy) is 1. The van der Waals surface area contributed by atoms with E-state index in [4.69, 9.17) is 4.74 Å². The van der Waals surface area contributed by atoms with Gasteiger partial charge in [0.1, 0.15) is 5.82 Å². The Kier molecular flexibility index (Phi) is 4.16. The molecule has 0 bridgehead atoms. The molecular weight excluding hydrogens is 264 g/mol. The molecule has 0 amide bonds. The van der Waals surface area contributed by atoms with Crippen LogP contribution in [-0.2, 0) is 10.2 Å². The molecule has 0 aliphatic carbocycles. The molecule has 21 heavy (non-hydrogen) atoms. The summed E-state index contributed by atoms with van der Waals surface area (Å²) < 4.78 is 5.00. The number of esters is 1. The second-order valence-electron chi connectivity index (χ2n) is 6.11. The highest BCUT2D eigenvalue weighted by molar-refractivity contribution is 5.89. The van der Waals surface area contributed by atoms with Gasteiger partial charge in [-0.15, -0.1) is 0 Å². The van der Waals surface area contributed by atoms with Crippen molar-refractivity contribution in [2.45, 2.75) is 40.0 Å². The average molecular weight is 286 g/mol. The van der Waals surface area contributed by atoms with Crippen molar-refractivity contribution in [3.05, 3.63) is 41.2 Å². The summed E-state index contributed by atoms with van der Waals surface area (Å²) in [5.74, 6) is 0.305. The highest BCUT2D eigenvalue weighted by Crippen LogP contribution is 2.25. The van der Waals surface area contributed by atoms with Gasteiger partial charge in [0, 0.05) is 11.3 Å². The van der Waals surface area contributed by atoms with Crippen LogP contribution < -0.4 is 0 Å². The van der Waals surface area contributed by atoms with E-state index in [9.17, 15) is 4.79 Å². The fraction of sp³-hybridized carbons (Fsp3) is 0.412. The van der Waals surface area contributed by atoms with Crippen LogP contribution in [0.15, 0.2) is 24.3 Å². The minimum absolute atomic E-state index is 0.119. The predicted octanol–water partition coefficient (Wildman–Crippen LogP) is 3.86. The van der Waals surface area contributed by atoms with Gasteiger partial charge in [-0.2, -0.15) is 0 Å². The van der Waals surface area contributed by atoms with Crippen molar-refractivity contribution < 1.29 is 9.53 Å². The van der Waals surface area contributed by atoms with Gasteiger partial charge in [0.25, 0.3) is 0 Å². The Bertz CT molecular complexity index is 634. The molecule has 0 saturated carbocycles. The lowest BCUT2D eigenvalue weighted by Gasteiger charge is -2.18. The number of carbonyl (C=O) groups is 1. The minimum Gasteiger partial charge on any atom is -0.461 e. The van der Waals surface area contributed by atoms with Gasteiger partial charge in [-0.05, 0) is 24.8 Å². The van der Waals surface area contributed by atoms with E-state index in [0.29, 0.717) is 18.1 Å². The van der Waals surface area contributed by atoms with E-state index in [0.717, 1.165) is 11.3 Å². The molecule has 1 aromatic heterocycles. The highest BCUT2D eigenvalue weighted by Gasteiger charge is 2.17. The van der Waals surface area contributed by atoms with Gasteiger partial charge in [-0.3, -0.25) is 0 Å². The molecule has 1 heterocycles. The molecule has 0 radical (unpaired) electrons. The number of hydrogen-bond donors (Lipinski definition) is 1. The number of aromatic amines is 1. The van der Waals surface area contributed by atoms with E-state index in [1.54, 1.807) is 6.92 Å². The topological polar surface area (TPSA) is 55.0 Å². The third-order valence-electron chi connectivity index (χ3n) is 3.38. The minimum atomic E-state index is -0.385. The summed E-state index contributed by atoms with van der Waals surface area (Å²) in [5, 5.41) is 0.